The summed E-state index contributed by atoms with van der Waals surface area (Å²) in [6.07, 6.45) is 1.14. The number of hydrogen-bond acceptors (Lipinski definition) is 7. The number of morpholine rings is 1. The van der Waals surface area contributed by atoms with Gasteiger partial charge in [0.2, 0.25) is 0 Å². The number of aryl methyl sites for hydroxylation is 2. The summed E-state index contributed by atoms with van der Waals surface area (Å²) in [6.45, 7) is 8.23. The lowest BCUT2D eigenvalue weighted by Crippen LogP contribution is -2.43. The monoisotopic (exact) mass is 473 g/mol. The molecule has 0 unspecified atom stereocenters. The van der Waals surface area contributed by atoms with Crippen LogP contribution in [0, 0.1) is 13.8 Å². The maximum Gasteiger partial charge on any atom is 0.260 e. The van der Waals surface area contributed by atoms with Crippen molar-refractivity contribution in [1.29, 1.82) is 0 Å². The third-order valence-corrected chi connectivity index (χ3v) is 7.68. The van der Waals surface area contributed by atoms with Crippen LogP contribution in [0.2, 0.25) is 0 Å². The first-order chi connectivity index (χ1) is 15.2. The minimum Gasteiger partial charge on any atom is -0.379 e. The van der Waals surface area contributed by atoms with E-state index in [1.165, 1.54) is 23.5 Å². The first kappa shape index (κ1) is 22.8. The van der Waals surface area contributed by atoms with Crippen LogP contribution in [0.1, 0.15) is 21.5 Å². The van der Waals surface area contributed by atoms with Crippen LogP contribution in [-0.4, -0.2) is 69.9 Å². The second-order valence-corrected chi connectivity index (χ2v) is 11.2. The highest BCUT2D eigenvalue weighted by Gasteiger charge is 2.24. The average Bonchev–Trinajstić information content (AvgIpc) is 3.18. The molecular formula is C23H27N3O4S2. The van der Waals surface area contributed by atoms with Gasteiger partial charge in [0.05, 0.1) is 28.3 Å². The summed E-state index contributed by atoms with van der Waals surface area (Å²) < 4.78 is 30.5. The van der Waals surface area contributed by atoms with E-state index in [0.717, 1.165) is 40.7 Å². The van der Waals surface area contributed by atoms with E-state index in [9.17, 15) is 13.2 Å². The quantitative estimate of drug-likeness (QED) is 0.547. The molecule has 9 heteroatoms. The summed E-state index contributed by atoms with van der Waals surface area (Å²) in [5.41, 5.74) is 3.45. The highest BCUT2D eigenvalue weighted by Crippen LogP contribution is 2.32. The smallest absolute Gasteiger partial charge is 0.260 e. The zero-order chi connectivity index (χ0) is 22.9. The molecular weight excluding hydrogens is 446 g/mol. The van der Waals surface area contributed by atoms with Crippen molar-refractivity contribution in [3.63, 3.8) is 0 Å². The fraction of sp³-hybridized carbons (Fsp3) is 0.391. The van der Waals surface area contributed by atoms with E-state index in [-0.39, 0.29) is 10.8 Å². The number of benzene rings is 2. The summed E-state index contributed by atoms with van der Waals surface area (Å²) in [7, 11) is -3.42. The molecule has 170 valence electrons. The molecule has 1 aliphatic heterocycles. The van der Waals surface area contributed by atoms with Gasteiger partial charge in [-0.15, -0.1) is 0 Å². The average molecular weight is 474 g/mol. The van der Waals surface area contributed by atoms with E-state index in [4.69, 9.17) is 9.72 Å². The van der Waals surface area contributed by atoms with Crippen molar-refractivity contribution in [3.8, 4) is 0 Å². The molecule has 0 aliphatic carbocycles. The largest absolute Gasteiger partial charge is 0.379 e. The normalized spacial score (nSPS) is 15.2. The molecule has 4 rings (SSSR count). The van der Waals surface area contributed by atoms with Crippen LogP contribution < -0.4 is 4.90 Å². The number of carbonyl (C=O) groups is 1. The molecule has 0 bridgehead atoms. The van der Waals surface area contributed by atoms with Crippen molar-refractivity contribution in [2.24, 2.45) is 0 Å². The van der Waals surface area contributed by atoms with Crippen molar-refractivity contribution in [2.45, 2.75) is 18.7 Å². The molecule has 1 saturated heterocycles. The second-order valence-electron chi connectivity index (χ2n) is 8.14. The summed E-state index contributed by atoms with van der Waals surface area (Å²) in [4.78, 5) is 22.4. The van der Waals surface area contributed by atoms with Crippen molar-refractivity contribution in [1.82, 2.24) is 9.88 Å². The predicted molar refractivity (Wildman–Crippen MR) is 128 cm³/mol. The van der Waals surface area contributed by atoms with Gasteiger partial charge >= 0.3 is 0 Å². The first-order valence-electron chi connectivity index (χ1n) is 10.5. The number of amides is 1. The van der Waals surface area contributed by atoms with Crippen LogP contribution in [0.15, 0.2) is 41.3 Å². The van der Waals surface area contributed by atoms with Gasteiger partial charge in [0.1, 0.15) is 0 Å². The van der Waals surface area contributed by atoms with Gasteiger partial charge in [0.15, 0.2) is 15.0 Å². The Morgan fingerprint density at radius 1 is 1.19 bits per heavy atom. The predicted octanol–water partition coefficient (Wildman–Crippen LogP) is 3.30. The minimum absolute atomic E-state index is 0.132. The van der Waals surface area contributed by atoms with Gasteiger partial charge in [-0.1, -0.05) is 23.5 Å². The lowest BCUT2D eigenvalue weighted by atomic mass is 10.1. The zero-order valence-corrected chi connectivity index (χ0v) is 20.1. The molecule has 1 aliphatic rings. The molecule has 0 saturated carbocycles. The molecule has 2 heterocycles. The van der Waals surface area contributed by atoms with E-state index in [1.807, 2.05) is 13.8 Å². The highest BCUT2D eigenvalue weighted by atomic mass is 32.2. The Morgan fingerprint density at radius 2 is 1.94 bits per heavy atom. The molecule has 7 nitrogen and oxygen atoms in total. The second kappa shape index (κ2) is 9.27. The summed E-state index contributed by atoms with van der Waals surface area (Å²) in [5.74, 6) is -0.253. The SMILES string of the molecule is Cc1cc(C)c2nc(N(CCN3CCOCC3)C(=O)c3cccc(S(C)(=O)=O)c3)sc2c1. The maximum atomic E-state index is 13.6. The third-order valence-electron chi connectivity index (χ3n) is 5.55. The number of rotatable bonds is 6. The van der Waals surface area contributed by atoms with Gasteiger partial charge in [-0.3, -0.25) is 14.6 Å². The number of nitrogens with zero attached hydrogens (tertiary/aromatic N) is 3. The van der Waals surface area contributed by atoms with E-state index in [1.54, 1.807) is 17.0 Å². The Kier molecular flexibility index (Phi) is 6.62. The van der Waals surface area contributed by atoms with Crippen LogP contribution in [0.4, 0.5) is 5.13 Å². The van der Waals surface area contributed by atoms with Crippen LogP contribution in [0.5, 0.6) is 0 Å². The van der Waals surface area contributed by atoms with Crippen LogP contribution in [0.25, 0.3) is 10.2 Å². The van der Waals surface area contributed by atoms with E-state index < -0.39 is 9.84 Å². The Labute approximate surface area is 192 Å². The summed E-state index contributed by atoms with van der Waals surface area (Å²) in [5, 5.41) is 0.622. The van der Waals surface area contributed by atoms with Gasteiger partial charge in [-0.25, -0.2) is 13.4 Å². The van der Waals surface area contributed by atoms with Gasteiger partial charge in [-0.05, 0) is 49.2 Å². The molecule has 1 amide bonds. The standard InChI is InChI=1S/C23H27N3O4S2/c1-16-13-17(2)21-20(14-16)31-23(24-21)26(8-7-25-9-11-30-12-10-25)22(27)18-5-4-6-19(15-18)32(3,28)29/h4-6,13-15H,7-12H2,1-3H3. The van der Waals surface area contributed by atoms with Crippen molar-refractivity contribution in [2.75, 3.05) is 50.5 Å². The lowest BCUT2D eigenvalue weighted by molar-refractivity contribution is 0.0391. The first-order valence-corrected chi connectivity index (χ1v) is 13.2. The van der Waals surface area contributed by atoms with Gasteiger partial charge in [-0.2, -0.15) is 0 Å². The molecule has 0 spiro atoms. The van der Waals surface area contributed by atoms with Crippen molar-refractivity contribution in [3.05, 3.63) is 53.1 Å². The Morgan fingerprint density at radius 3 is 2.66 bits per heavy atom. The number of aromatic nitrogens is 1. The van der Waals surface area contributed by atoms with Crippen LogP contribution >= 0.6 is 11.3 Å². The Balaban J connectivity index is 1.70. The molecule has 1 fully saturated rings. The molecule has 0 N–H and O–H groups in total. The lowest BCUT2D eigenvalue weighted by Gasteiger charge is -2.29. The van der Waals surface area contributed by atoms with Gasteiger partial charge in [0, 0.05) is 38.0 Å². The summed E-state index contributed by atoms with van der Waals surface area (Å²) in [6, 6.07) is 10.4. The summed E-state index contributed by atoms with van der Waals surface area (Å²) >= 11 is 1.49. The molecule has 1 aromatic heterocycles. The van der Waals surface area contributed by atoms with Gasteiger partial charge in [0.25, 0.3) is 5.91 Å². The van der Waals surface area contributed by atoms with Crippen LogP contribution in [0.3, 0.4) is 0 Å². The third kappa shape index (κ3) is 5.01. The Hall–Kier alpha value is -2.33. The molecule has 32 heavy (non-hydrogen) atoms. The van der Waals surface area contributed by atoms with E-state index >= 15 is 0 Å². The van der Waals surface area contributed by atoms with Gasteiger partial charge < -0.3 is 4.74 Å². The fourth-order valence-electron chi connectivity index (χ4n) is 3.84. The number of ether oxygens (including phenoxy) is 1. The maximum absolute atomic E-state index is 13.6. The molecule has 0 radical (unpaired) electrons. The zero-order valence-electron chi connectivity index (χ0n) is 18.5. The number of carbonyl (C=O) groups excluding carboxylic acids is 1. The van der Waals surface area contributed by atoms with Crippen molar-refractivity contribution < 1.29 is 17.9 Å². The molecule has 0 atom stereocenters. The number of hydrogen-bond donors (Lipinski definition) is 0. The molecule has 2 aromatic carbocycles. The minimum atomic E-state index is -3.42. The Bertz CT molecular complexity index is 1250. The molecule has 3 aromatic rings. The number of sulfone groups is 1. The number of thiazole rings is 1. The van der Waals surface area contributed by atoms with Crippen molar-refractivity contribution >= 4 is 42.4 Å². The number of anilines is 1. The number of fused-ring (bicyclic) bond motifs is 1. The van der Waals surface area contributed by atoms with Crippen LogP contribution in [-0.2, 0) is 14.6 Å². The van der Waals surface area contributed by atoms with E-state index in [0.29, 0.717) is 37.0 Å². The highest BCUT2D eigenvalue weighted by molar-refractivity contribution is 7.90. The fourth-order valence-corrected chi connectivity index (χ4v) is 5.67. The topological polar surface area (TPSA) is 79.8 Å². The van der Waals surface area contributed by atoms with E-state index in [2.05, 4.69) is 17.0 Å².